The molecule has 3 aromatic carbocycles. The molecule has 0 aliphatic carbocycles. The van der Waals surface area contributed by atoms with E-state index in [1.807, 2.05) is 0 Å². The van der Waals surface area contributed by atoms with Crippen LogP contribution in [0.3, 0.4) is 0 Å². The molecule has 8 nitrogen and oxygen atoms in total. The fourth-order valence-electron chi connectivity index (χ4n) is 4.96. The van der Waals surface area contributed by atoms with E-state index in [1.54, 1.807) is 18.2 Å². The molecule has 0 unspecified atom stereocenters. The Morgan fingerprint density at radius 3 is 2.37 bits per heavy atom. The topological polar surface area (TPSA) is 109 Å². The quantitative estimate of drug-likeness (QED) is 0.273. The van der Waals surface area contributed by atoms with Crippen LogP contribution in [0.1, 0.15) is 16.4 Å². The summed E-state index contributed by atoms with van der Waals surface area (Å²) in [6.07, 6.45) is 0. The van der Waals surface area contributed by atoms with Crippen LogP contribution in [0.15, 0.2) is 81.0 Å². The summed E-state index contributed by atoms with van der Waals surface area (Å²) < 4.78 is 33.4. The Hall–Kier alpha value is -3.81. The molecule has 41 heavy (non-hydrogen) atoms. The van der Waals surface area contributed by atoms with E-state index in [0.29, 0.717) is 25.6 Å². The number of fused-ring (bicyclic) bond motifs is 2. The average Bonchev–Trinajstić information content (AvgIpc) is 3.44. The van der Waals surface area contributed by atoms with Gasteiger partial charge in [0.1, 0.15) is 22.6 Å². The van der Waals surface area contributed by atoms with E-state index in [-0.39, 0.29) is 16.3 Å². The maximum atomic E-state index is 13.9. The molecular weight excluding hydrogens is 640 g/mol. The molecule has 0 radical (unpaired) electrons. The smallest absolute Gasteiger partial charge is 0.305 e. The third kappa shape index (κ3) is 5.20. The van der Waals surface area contributed by atoms with Crippen molar-refractivity contribution in [1.29, 1.82) is 0 Å². The highest BCUT2D eigenvalue weighted by atomic mass is 79.9. The molecular formula is C28H18BrF2N3O5S2. The van der Waals surface area contributed by atoms with Crippen LogP contribution in [0.2, 0.25) is 0 Å². The lowest BCUT2D eigenvalue weighted by atomic mass is 9.82. The number of aromatic amines is 1. The number of amides is 3. The van der Waals surface area contributed by atoms with Crippen LogP contribution in [0, 0.1) is 17.6 Å². The minimum atomic E-state index is -0.902. The molecule has 6 rings (SSSR count). The SMILES string of the molecule is O=C(COc1ccc(Br)cc1[C@@H]1c2sc(=O)[nH]c2S[C@H]2C(=O)N(c3ccc(F)cc3)C(=O)[C@@H]12)Nc1ccc(F)cc1. The summed E-state index contributed by atoms with van der Waals surface area (Å²) in [5, 5.41) is 2.25. The van der Waals surface area contributed by atoms with Crippen molar-refractivity contribution in [1.82, 2.24) is 4.98 Å². The summed E-state index contributed by atoms with van der Waals surface area (Å²) in [4.78, 5) is 56.6. The summed E-state index contributed by atoms with van der Waals surface area (Å²) in [5.41, 5.74) is 1.14. The van der Waals surface area contributed by atoms with Gasteiger partial charge in [0, 0.05) is 26.5 Å². The highest BCUT2D eigenvalue weighted by Gasteiger charge is 2.56. The molecule has 3 atom stereocenters. The number of hydrogen-bond acceptors (Lipinski definition) is 7. The maximum Gasteiger partial charge on any atom is 0.305 e. The van der Waals surface area contributed by atoms with Crippen LogP contribution < -0.4 is 19.8 Å². The third-order valence-corrected chi connectivity index (χ3v) is 9.60. The van der Waals surface area contributed by atoms with E-state index in [4.69, 9.17) is 4.74 Å². The minimum Gasteiger partial charge on any atom is -0.483 e. The number of H-pyrrole nitrogens is 1. The summed E-state index contributed by atoms with van der Waals surface area (Å²) >= 11 is 5.52. The van der Waals surface area contributed by atoms with E-state index in [2.05, 4.69) is 26.2 Å². The molecule has 1 saturated heterocycles. The Morgan fingerprint density at radius 2 is 1.66 bits per heavy atom. The predicted octanol–water partition coefficient (Wildman–Crippen LogP) is 5.29. The molecule has 0 saturated carbocycles. The number of benzene rings is 3. The van der Waals surface area contributed by atoms with Crippen molar-refractivity contribution in [3.05, 3.63) is 103 Å². The maximum absolute atomic E-state index is 13.9. The molecule has 2 N–H and O–H groups in total. The first-order chi connectivity index (χ1) is 19.7. The zero-order valence-corrected chi connectivity index (χ0v) is 23.9. The first kappa shape index (κ1) is 27.4. The van der Waals surface area contributed by atoms with Crippen LogP contribution in [0.4, 0.5) is 20.2 Å². The monoisotopic (exact) mass is 657 g/mol. The van der Waals surface area contributed by atoms with E-state index in [1.165, 1.54) is 48.5 Å². The second-order valence-corrected chi connectivity index (χ2v) is 12.3. The lowest BCUT2D eigenvalue weighted by Gasteiger charge is -2.31. The molecule has 1 aromatic heterocycles. The Morgan fingerprint density at radius 1 is 0.976 bits per heavy atom. The van der Waals surface area contributed by atoms with Crippen LogP contribution in [0.5, 0.6) is 5.75 Å². The minimum absolute atomic E-state index is 0.246. The Bertz CT molecular complexity index is 1740. The van der Waals surface area contributed by atoms with Gasteiger partial charge in [0.15, 0.2) is 6.61 Å². The van der Waals surface area contributed by atoms with E-state index in [9.17, 15) is 28.0 Å². The van der Waals surface area contributed by atoms with Gasteiger partial charge in [0.2, 0.25) is 11.8 Å². The predicted molar refractivity (Wildman–Crippen MR) is 153 cm³/mol. The van der Waals surface area contributed by atoms with Gasteiger partial charge < -0.3 is 15.0 Å². The van der Waals surface area contributed by atoms with Crippen molar-refractivity contribution in [3.8, 4) is 5.75 Å². The summed E-state index contributed by atoms with van der Waals surface area (Å²) in [7, 11) is 0. The lowest BCUT2D eigenvalue weighted by Crippen LogP contribution is -2.32. The Kier molecular flexibility index (Phi) is 7.26. The Labute approximate surface area is 247 Å². The van der Waals surface area contributed by atoms with Gasteiger partial charge in [0.25, 0.3) is 5.91 Å². The van der Waals surface area contributed by atoms with Crippen molar-refractivity contribution in [2.75, 3.05) is 16.8 Å². The van der Waals surface area contributed by atoms with Gasteiger partial charge in [-0.05, 0) is 66.7 Å². The van der Waals surface area contributed by atoms with Crippen molar-refractivity contribution in [2.45, 2.75) is 16.2 Å². The molecule has 3 amide bonds. The summed E-state index contributed by atoms with van der Waals surface area (Å²) in [6, 6.07) is 15.4. The van der Waals surface area contributed by atoms with Crippen molar-refractivity contribution >= 4 is 68.1 Å². The number of rotatable bonds is 6. The highest BCUT2D eigenvalue weighted by molar-refractivity contribution is 9.10. The number of imide groups is 1. The molecule has 4 aromatic rings. The molecule has 13 heteroatoms. The number of aromatic nitrogens is 1. The number of carbonyl (C=O) groups excluding carboxylic acids is 3. The summed E-state index contributed by atoms with van der Waals surface area (Å²) in [6.45, 7) is -0.396. The zero-order valence-electron chi connectivity index (χ0n) is 20.7. The van der Waals surface area contributed by atoms with Crippen LogP contribution >= 0.6 is 39.0 Å². The molecule has 1 fully saturated rings. The zero-order chi connectivity index (χ0) is 28.8. The normalized spacial score (nSPS) is 19.6. The number of nitrogens with one attached hydrogen (secondary N) is 2. The third-order valence-electron chi connectivity index (χ3n) is 6.70. The van der Waals surface area contributed by atoms with Gasteiger partial charge >= 0.3 is 4.87 Å². The second-order valence-electron chi connectivity index (χ2n) is 9.26. The number of hydrogen-bond donors (Lipinski definition) is 2. The molecule has 3 heterocycles. The number of thiazole rings is 1. The number of thioether (sulfide) groups is 1. The van der Waals surface area contributed by atoms with Gasteiger partial charge in [-0.15, -0.1) is 0 Å². The Balaban J connectivity index is 1.36. The highest BCUT2D eigenvalue weighted by Crippen LogP contribution is 2.54. The van der Waals surface area contributed by atoms with E-state index < -0.39 is 53.0 Å². The van der Waals surface area contributed by atoms with Crippen LogP contribution in [0.25, 0.3) is 0 Å². The summed E-state index contributed by atoms with van der Waals surface area (Å²) in [5.74, 6) is -3.78. The van der Waals surface area contributed by atoms with Crippen LogP contribution in [-0.2, 0) is 14.4 Å². The molecule has 2 aliphatic rings. The fraction of sp³-hybridized carbons (Fsp3) is 0.143. The molecule has 0 spiro atoms. The number of nitrogens with zero attached hydrogens (tertiary/aromatic N) is 1. The van der Waals surface area contributed by atoms with Crippen LogP contribution in [-0.4, -0.2) is 34.6 Å². The average molecular weight is 659 g/mol. The molecule has 208 valence electrons. The number of ether oxygens (including phenoxy) is 1. The molecule has 2 aliphatic heterocycles. The van der Waals surface area contributed by atoms with Crippen molar-refractivity contribution in [2.24, 2.45) is 5.92 Å². The van der Waals surface area contributed by atoms with Gasteiger partial charge in [-0.3, -0.25) is 19.2 Å². The van der Waals surface area contributed by atoms with Gasteiger partial charge in [0.05, 0.1) is 16.6 Å². The van der Waals surface area contributed by atoms with Gasteiger partial charge in [-0.25, -0.2) is 13.7 Å². The number of halogens is 3. The van der Waals surface area contributed by atoms with Gasteiger partial charge in [-0.1, -0.05) is 39.0 Å². The lowest BCUT2D eigenvalue weighted by molar-refractivity contribution is -0.122. The number of carbonyl (C=O) groups is 3. The first-order valence-electron chi connectivity index (χ1n) is 12.2. The standard InChI is InChI=1S/C28H18BrF2N3O5S2/c29-13-1-10-19(39-12-20(35)32-16-6-2-14(30)3-7-16)18(11-13)21-22-24(40-25-23(21)41-28(38)33-25)27(37)34(26(22)36)17-8-4-15(31)5-9-17/h1-11,21-22,24H,12H2,(H,32,35)(H,33,38)/t21-,22-,24+/m0/s1. The first-order valence-corrected chi connectivity index (χ1v) is 14.7. The van der Waals surface area contributed by atoms with Crippen molar-refractivity contribution < 1.29 is 27.9 Å². The van der Waals surface area contributed by atoms with Crippen molar-refractivity contribution in [3.63, 3.8) is 0 Å². The fourth-order valence-corrected chi connectivity index (χ4v) is 7.85. The molecule has 0 bridgehead atoms. The second kappa shape index (κ2) is 10.9. The number of anilines is 2. The van der Waals surface area contributed by atoms with E-state index in [0.717, 1.165) is 28.0 Å². The van der Waals surface area contributed by atoms with E-state index >= 15 is 0 Å². The van der Waals surface area contributed by atoms with Gasteiger partial charge in [-0.2, -0.15) is 0 Å². The largest absolute Gasteiger partial charge is 0.483 e.